The smallest absolute Gasteiger partial charge is 0.135 e. The summed E-state index contributed by atoms with van der Waals surface area (Å²) in [6.45, 7) is 3.33. The number of hydrogen-bond donors (Lipinski definition) is 1. The maximum absolute atomic E-state index is 9.24. The van der Waals surface area contributed by atoms with Crippen molar-refractivity contribution in [3.8, 4) is 0 Å². The molecule has 3 rings (SSSR count). The average Bonchev–Trinajstić information content (AvgIpc) is 3.23. The fraction of sp³-hybridized carbons (Fsp3) is 0.692. The van der Waals surface area contributed by atoms with Gasteiger partial charge in [-0.1, -0.05) is 11.6 Å². The number of halogens is 1. The summed E-state index contributed by atoms with van der Waals surface area (Å²) in [4.78, 5) is 11.1. The number of aromatic nitrogens is 2. The molecule has 6 heteroatoms. The standard InChI is InChI=1S/C13H18ClN3O2/c1-8-7-19-10(6-18)5-17(8)12-4-11(14)15-13(16-12)9-2-3-9/h4,8-10,18H,2-3,5-7H2,1H3. The Labute approximate surface area is 117 Å². The summed E-state index contributed by atoms with van der Waals surface area (Å²) in [5.41, 5.74) is 0. The Morgan fingerprint density at radius 3 is 2.95 bits per heavy atom. The van der Waals surface area contributed by atoms with Crippen LogP contribution in [0.4, 0.5) is 5.82 Å². The Kier molecular flexibility index (Phi) is 3.60. The maximum atomic E-state index is 9.24. The van der Waals surface area contributed by atoms with Crippen LogP contribution < -0.4 is 4.90 Å². The molecule has 2 atom stereocenters. The third-order valence-corrected chi connectivity index (χ3v) is 3.84. The van der Waals surface area contributed by atoms with Crippen molar-refractivity contribution in [2.24, 2.45) is 0 Å². The zero-order valence-electron chi connectivity index (χ0n) is 10.9. The number of ether oxygens (including phenoxy) is 1. The molecule has 1 N–H and O–H groups in total. The summed E-state index contributed by atoms with van der Waals surface area (Å²) in [6, 6.07) is 2.02. The SMILES string of the molecule is CC1COC(CO)CN1c1cc(Cl)nc(C2CC2)n1. The molecule has 1 saturated carbocycles. The van der Waals surface area contributed by atoms with Crippen LogP contribution in [0.3, 0.4) is 0 Å². The first-order chi connectivity index (χ1) is 9.17. The molecule has 0 radical (unpaired) electrons. The predicted molar refractivity (Wildman–Crippen MR) is 72.7 cm³/mol. The Hall–Kier alpha value is -0.910. The molecular weight excluding hydrogens is 266 g/mol. The first-order valence-electron chi connectivity index (χ1n) is 6.71. The number of rotatable bonds is 3. The molecule has 19 heavy (non-hydrogen) atoms. The highest BCUT2D eigenvalue weighted by Gasteiger charge is 2.30. The second-order valence-corrected chi connectivity index (χ2v) is 5.71. The van der Waals surface area contributed by atoms with Crippen LogP contribution in [0.25, 0.3) is 0 Å². The van der Waals surface area contributed by atoms with Crippen LogP contribution in [0.5, 0.6) is 0 Å². The van der Waals surface area contributed by atoms with E-state index in [2.05, 4.69) is 21.8 Å². The maximum Gasteiger partial charge on any atom is 0.135 e. The minimum atomic E-state index is -0.158. The van der Waals surface area contributed by atoms with Gasteiger partial charge in [0.05, 0.1) is 25.4 Å². The summed E-state index contributed by atoms with van der Waals surface area (Å²) >= 11 is 6.10. The summed E-state index contributed by atoms with van der Waals surface area (Å²) in [5, 5.41) is 9.73. The summed E-state index contributed by atoms with van der Waals surface area (Å²) in [6.07, 6.45) is 2.14. The third-order valence-electron chi connectivity index (χ3n) is 3.64. The number of aliphatic hydroxyl groups is 1. The van der Waals surface area contributed by atoms with Crippen molar-refractivity contribution < 1.29 is 9.84 Å². The van der Waals surface area contributed by atoms with Crippen molar-refractivity contribution in [2.45, 2.75) is 37.8 Å². The van der Waals surface area contributed by atoms with Crippen LogP contribution in [0.2, 0.25) is 5.15 Å². The zero-order chi connectivity index (χ0) is 13.4. The number of hydrogen-bond acceptors (Lipinski definition) is 5. The molecule has 1 aliphatic carbocycles. The van der Waals surface area contributed by atoms with Gasteiger partial charge in [-0.3, -0.25) is 0 Å². The summed E-state index contributed by atoms with van der Waals surface area (Å²) in [7, 11) is 0. The van der Waals surface area contributed by atoms with Crippen LogP contribution in [-0.4, -0.2) is 47.0 Å². The first kappa shape index (κ1) is 13.1. The average molecular weight is 284 g/mol. The van der Waals surface area contributed by atoms with Crippen LogP contribution >= 0.6 is 11.6 Å². The molecule has 2 heterocycles. The van der Waals surface area contributed by atoms with E-state index in [1.54, 1.807) is 6.07 Å². The Morgan fingerprint density at radius 2 is 2.26 bits per heavy atom. The summed E-state index contributed by atoms with van der Waals surface area (Å²) < 4.78 is 5.54. The molecule has 5 nitrogen and oxygen atoms in total. The molecule has 1 aromatic rings. The van der Waals surface area contributed by atoms with Crippen molar-refractivity contribution >= 4 is 17.4 Å². The zero-order valence-corrected chi connectivity index (χ0v) is 11.7. The van der Waals surface area contributed by atoms with E-state index in [0.29, 0.717) is 24.2 Å². The second-order valence-electron chi connectivity index (χ2n) is 5.32. The van der Waals surface area contributed by atoms with Crippen molar-refractivity contribution in [3.05, 3.63) is 17.0 Å². The van der Waals surface area contributed by atoms with Crippen LogP contribution in [0.1, 0.15) is 31.5 Å². The van der Waals surface area contributed by atoms with Gasteiger partial charge in [0.25, 0.3) is 0 Å². The highest BCUT2D eigenvalue weighted by atomic mass is 35.5. The molecule has 1 aliphatic heterocycles. The molecule has 1 saturated heterocycles. The minimum Gasteiger partial charge on any atom is -0.394 e. The van der Waals surface area contributed by atoms with Crippen molar-refractivity contribution in [1.29, 1.82) is 0 Å². The lowest BCUT2D eigenvalue weighted by Crippen LogP contribution is -2.50. The van der Waals surface area contributed by atoms with Gasteiger partial charge in [-0.25, -0.2) is 9.97 Å². The molecular formula is C13H18ClN3O2. The largest absolute Gasteiger partial charge is 0.394 e. The van der Waals surface area contributed by atoms with Crippen molar-refractivity contribution in [3.63, 3.8) is 0 Å². The first-order valence-corrected chi connectivity index (χ1v) is 7.08. The lowest BCUT2D eigenvalue weighted by atomic mass is 10.2. The van der Waals surface area contributed by atoms with Gasteiger partial charge in [-0.05, 0) is 19.8 Å². The fourth-order valence-corrected chi connectivity index (χ4v) is 2.53. The molecule has 0 spiro atoms. The van der Waals surface area contributed by atoms with E-state index in [4.69, 9.17) is 16.3 Å². The van der Waals surface area contributed by atoms with E-state index in [1.807, 2.05) is 0 Å². The molecule has 0 bridgehead atoms. The summed E-state index contributed by atoms with van der Waals surface area (Å²) in [5.74, 6) is 2.17. The second kappa shape index (κ2) is 5.23. The van der Waals surface area contributed by atoms with Crippen LogP contribution in [0.15, 0.2) is 6.07 Å². The van der Waals surface area contributed by atoms with Crippen LogP contribution in [0, 0.1) is 0 Å². The van der Waals surface area contributed by atoms with Gasteiger partial charge in [0, 0.05) is 18.5 Å². The number of morpholine rings is 1. The Morgan fingerprint density at radius 1 is 1.47 bits per heavy atom. The highest BCUT2D eigenvalue weighted by Crippen LogP contribution is 2.39. The molecule has 104 valence electrons. The normalized spacial score (nSPS) is 27.6. The van der Waals surface area contributed by atoms with Crippen molar-refractivity contribution in [2.75, 3.05) is 24.7 Å². The van der Waals surface area contributed by atoms with Gasteiger partial charge in [-0.2, -0.15) is 0 Å². The Balaban J connectivity index is 1.86. The number of aliphatic hydroxyl groups excluding tert-OH is 1. The van der Waals surface area contributed by atoms with Gasteiger partial charge >= 0.3 is 0 Å². The van der Waals surface area contributed by atoms with Gasteiger partial charge < -0.3 is 14.7 Å². The van der Waals surface area contributed by atoms with Crippen molar-refractivity contribution in [1.82, 2.24) is 9.97 Å². The topological polar surface area (TPSA) is 58.5 Å². The molecule has 0 aromatic carbocycles. The predicted octanol–water partition coefficient (Wildman–Crippen LogP) is 1.59. The molecule has 1 aromatic heterocycles. The monoisotopic (exact) mass is 283 g/mol. The Bertz CT molecular complexity index is 467. The third kappa shape index (κ3) is 2.83. The lowest BCUT2D eigenvalue weighted by Gasteiger charge is -2.38. The minimum absolute atomic E-state index is 0.0253. The van der Waals surface area contributed by atoms with E-state index >= 15 is 0 Å². The highest BCUT2D eigenvalue weighted by molar-refractivity contribution is 6.29. The molecule has 2 fully saturated rings. The van der Waals surface area contributed by atoms with Gasteiger partial charge in [0.15, 0.2) is 0 Å². The van der Waals surface area contributed by atoms with E-state index in [9.17, 15) is 5.11 Å². The molecule has 2 unspecified atom stereocenters. The fourth-order valence-electron chi connectivity index (χ4n) is 2.34. The molecule has 0 amide bonds. The van der Waals surface area contributed by atoms with Gasteiger partial charge in [0.1, 0.15) is 16.8 Å². The number of anilines is 1. The van der Waals surface area contributed by atoms with E-state index < -0.39 is 0 Å². The van der Waals surface area contributed by atoms with Crippen LogP contribution in [-0.2, 0) is 4.74 Å². The molecule has 2 aliphatic rings. The van der Waals surface area contributed by atoms with Gasteiger partial charge in [0.2, 0.25) is 0 Å². The van der Waals surface area contributed by atoms with E-state index in [0.717, 1.165) is 24.5 Å². The lowest BCUT2D eigenvalue weighted by molar-refractivity contribution is -0.0105. The van der Waals surface area contributed by atoms with E-state index in [-0.39, 0.29) is 18.8 Å². The quantitative estimate of drug-likeness (QED) is 0.854. The van der Waals surface area contributed by atoms with Gasteiger partial charge in [-0.15, -0.1) is 0 Å². The van der Waals surface area contributed by atoms with E-state index in [1.165, 1.54) is 0 Å². The number of nitrogens with zero attached hydrogens (tertiary/aromatic N) is 3.